The Morgan fingerprint density at radius 3 is 2.25 bits per heavy atom. The third-order valence-electron chi connectivity index (χ3n) is 7.41. The first-order valence-electron chi connectivity index (χ1n) is 16.3. The van der Waals surface area contributed by atoms with Gasteiger partial charge >= 0.3 is 6.09 Å². The molecule has 0 bridgehead atoms. The summed E-state index contributed by atoms with van der Waals surface area (Å²) in [5.74, 6) is 0.374. The van der Waals surface area contributed by atoms with Gasteiger partial charge in [-0.15, -0.1) is 0 Å². The summed E-state index contributed by atoms with van der Waals surface area (Å²) in [5, 5.41) is 5.09. The molecule has 0 saturated carbocycles. The van der Waals surface area contributed by atoms with Gasteiger partial charge in [-0.25, -0.2) is 14.8 Å². The van der Waals surface area contributed by atoms with Crippen LogP contribution < -0.4 is 29.6 Å². The van der Waals surface area contributed by atoms with E-state index in [1.165, 1.54) is 37.7 Å². The molecule has 0 fully saturated rings. The minimum absolute atomic E-state index is 0.0298. The summed E-state index contributed by atoms with van der Waals surface area (Å²) < 4.78 is 53.0. The fraction of sp³-hybridized carbons (Fsp3) is 0.216. The number of para-hydroxylation sites is 2. The van der Waals surface area contributed by atoms with Crippen molar-refractivity contribution in [2.75, 3.05) is 36.9 Å². The monoisotopic (exact) mass is 726 g/mol. The molecule has 0 saturated heterocycles. The number of aromatic nitrogens is 3. The second-order valence-corrected chi connectivity index (χ2v) is 13.1. The molecule has 0 radical (unpaired) electrons. The molecule has 15 heteroatoms. The largest absolute Gasteiger partial charge is 0.493 e. The maximum absolute atomic E-state index is 13.7. The quantitative estimate of drug-likeness (QED) is 0.0986. The molecule has 52 heavy (non-hydrogen) atoms. The van der Waals surface area contributed by atoms with Crippen molar-refractivity contribution in [1.82, 2.24) is 20.3 Å². The number of nitrogens with zero attached hydrogens (tertiary/aromatic N) is 3. The highest BCUT2D eigenvalue weighted by Crippen LogP contribution is 2.43. The minimum atomic E-state index is -4.32. The number of sulfonamides is 1. The van der Waals surface area contributed by atoms with E-state index >= 15 is 0 Å². The average Bonchev–Trinajstić information content (AvgIpc) is 3.15. The van der Waals surface area contributed by atoms with Gasteiger partial charge in [-0.05, 0) is 66.1 Å². The lowest BCUT2D eigenvalue weighted by Gasteiger charge is -2.20. The molecule has 270 valence electrons. The van der Waals surface area contributed by atoms with E-state index in [1.54, 1.807) is 60.8 Å². The number of ether oxygens (including phenoxy) is 4. The van der Waals surface area contributed by atoms with Crippen LogP contribution in [-0.2, 0) is 21.2 Å². The molecule has 5 aromatic rings. The van der Waals surface area contributed by atoms with Crippen LogP contribution in [-0.4, -0.2) is 62.2 Å². The van der Waals surface area contributed by atoms with Gasteiger partial charge in [-0.2, -0.15) is 8.42 Å². The predicted octanol–water partition coefficient (Wildman–Crippen LogP) is 6.20. The van der Waals surface area contributed by atoms with Crippen molar-refractivity contribution >= 4 is 33.5 Å². The van der Waals surface area contributed by atoms with E-state index in [1.807, 2.05) is 26.0 Å². The lowest BCUT2D eigenvalue weighted by molar-refractivity contribution is 0.0953. The second kappa shape index (κ2) is 17.6. The summed E-state index contributed by atoms with van der Waals surface area (Å²) >= 11 is 0. The van der Waals surface area contributed by atoms with Crippen LogP contribution in [0.3, 0.4) is 0 Å². The van der Waals surface area contributed by atoms with E-state index < -0.39 is 22.0 Å². The fourth-order valence-electron chi connectivity index (χ4n) is 4.74. The van der Waals surface area contributed by atoms with Crippen molar-refractivity contribution in [3.05, 3.63) is 120 Å². The standard InChI is InChI=1S/C37H38N6O8S/c1-25(2)26-14-15-34(41-24-26)52(46,47)43-29-22-27(36(44)40-19-16-28-10-6-8-17-38-28)23-32(35(29)51-31-12-5-4-11-30(31)48-3)49-20-21-50-37(45)42-33-13-7-9-18-39-33/h4-15,17-18,22-25,43H,16,19-21H2,1-3H3,(H,40,44)(H,39,42,45). The first-order valence-corrected chi connectivity index (χ1v) is 17.7. The van der Waals surface area contributed by atoms with Crippen molar-refractivity contribution in [2.24, 2.45) is 0 Å². The Hall–Kier alpha value is -6.22. The summed E-state index contributed by atoms with van der Waals surface area (Å²) in [6.45, 7) is 3.76. The summed E-state index contributed by atoms with van der Waals surface area (Å²) in [4.78, 5) is 38.3. The van der Waals surface area contributed by atoms with E-state index in [-0.39, 0.29) is 59.2 Å². The molecule has 0 atom stereocenters. The van der Waals surface area contributed by atoms with Crippen LogP contribution in [0.2, 0.25) is 0 Å². The van der Waals surface area contributed by atoms with Gasteiger partial charge < -0.3 is 24.3 Å². The van der Waals surface area contributed by atoms with Crippen LogP contribution >= 0.6 is 0 Å². The fourth-order valence-corrected chi connectivity index (χ4v) is 5.72. The zero-order valence-electron chi connectivity index (χ0n) is 28.7. The molecule has 0 aliphatic carbocycles. The third kappa shape index (κ3) is 10.2. The van der Waals surface area contributed by atoms with Gasteiger partial charge in [0.15, 0.2) is 28.0 Å². The predicted molar refractivity (Wildman–Crippen MR) is 194 cm³/mol. The van der Waals surface area contributed by atoms with Crippen LogP contribution in [0.5, 0.6) is 23.0 Å². The van der Waals surface area contributed by atoms with E-state index in [4.69, 9.17) is 18.9 Å². The highest BCUT2D eigenvalue weighted by Gasteiger charge is 2.25. The zero-order valence-corrected chi connectivity index (χ0v) is 29.6. The van der Waals surface area contributed by atoms with Gasteiger partial charge in [0.25, 0.3) is 15.9 Å². The van der Waals surface area contributed by atoms with E-state index in [9.17, 15) is 18.0 Å². The normalized spacial score (nSPS) is 11.0. The van der Waals surface area contributed by atoms with E-state index in [0.717, 1.165) is 11.3 Å². The SMILES string of the molecule is COc1ccccc1Oc1c(NS(=O)(=O)c2ccc(C(C)C)cn2)cc(C(=O)NCCc2ccccn2)cc1OCCOC(=O)Nc1ccccn1. The number of hydrogen-bond acceptors (Lipinski definition) is 11. The number of carbonyl (C=O) groups is 2. The van der Waals surface area contributed by atoms with Crippen LogP contribution in [0.25, 0.3) is 0 Å². The Morgan fingerprint density at radius 2 is 1.58 bits per heavy atom. The smallest absolute Gasteiger partial charge is 0.412 e. The Kier molecular flexibility index (Phi) is 12.6. The van der Waals surface area contributed by atoms with Gasteiger partial charge in [0.2, 0.25) is 0 Å². The zero-order chi connectivity index (χ0) is 36.9. The number of hydrogen-bond donors (Lipinski definition) is 3. The van der Waals surface area contributed by atoms with Crippen LogP contribution in [0.15, 0.2) is 109 Å². The molecular formula is C37H38N6O8S. The van der Waals surface area contributed by atoms with Crippen molar-refractivity contribution in [3.8, 4) is 23.0 Å². The molecule has 0 aliphatic heterocycles. The highest BCUT2D eigenvalue weighted by molar-refractivity contribution is 7.92. The van der Waals surface area contributed by atoms with Crippen molar-refractivity contribution in [1.29, 1.82) is 0 Å². The second-order valence-electron chi connectivity index (χ2n) is 11.4. The molecule has 0 aliphatic rings. The number of methoxy groups -OCH3 is 1. The summed E-state index contributed by atoms with van der Waals surface area (Å²) in [6.07, 6.45) is 4.37. The highest BCUT2D eigenvalue weighted by atomic mass is 32.2. The number of carbonyl (C=O) groups excluding carboxylic acids is 2. The Bertz CT molecular complexity index is 2070. The molecule has 2 aromatic carbocycles. The Balaban J connectivity index is 1.47. The molecule has 0 unspecified atom stereocenters. The van der Waals surface area contributed by atoms with Gasteiger partial charge in [0.1, 0.15) is 19.0 Å². The first kappa shape index (κ1) is 37.0. The summed E-state index contributed by atoms with van der Waals surface area (Å²) in [5.41, 5.74) is 1.57. The lowest BCUT2D eigenvalue weighted by atomic mass is 10.1. The van der Waals surface area contributed by atoms with Gasteiger partial charge in [-0.1, -0.05) is 44.2 Å². The molecule has 3 aromatic heterocycles. The molecule has 5 rings (SSSR count). The topological polar surface area (TPSA) is 180 Å². The summed E-state index contributed by atoms with van der Waals surface area (Å²) in [7, 11) is -2.86. The molecule has 3 N–H and O–H groups in total. The first-order chi connectivity index (χ1) is 25.1. The minimum Gasteiger partial charge on any atom is -0.493 e. The summed E-state index contributed by atoms with van der Waals surface area (Å²) in [6, 6.07) is 23.1. The van der Waals surface area contributed by atoms with Crippen LogP contribution in [0, 0.1) is 0 Å². The van der Waals surface area contributed by atoms with Crippen molar-refractivity contribution in [2.45, 2.75) is 31.2 Å². The van der Waals surface area contributed by atoms with Gasteiger partial charge in [-0.3, -0.25) is 19.8 Å². The molecule has 2 amide bonds. The molecular weight excluding hydrogens is 689 g/mol. The molecule has 14 nitrogen and oxygen atoms in total. The van der Waals surface area contributed by atoms with Crippen molar-refractivity contribution in [3.63, 3.8) is 0 Å². The number of pyridine rings is 3. The maximum atomic E-state index is 13.7. The number of amides is 2. The van der Waals surface area contributed by atoms with Crippen LogP contribution in [0.1, 0.15) is 41.4 Å². The molecule has 0 spiro atoms. The van der Waals surface area contributed by atoms with Gasteiger partial charge in [0.05, 0.1) is 12.8 Å². The number of nitrogens with one attached hydrogen (secondary N) is 3. The average molecular weight is 727 g/mol. The third-order valence-corrected chi connectivity index (χ3v) is 8.69. The maximum Gasteiger partial charge on any atom is 0.412 e. The Morgan fingerprint density at radius 1 is 0.827 bits per heavy atom. The lowest BCUT2D eigenvalue weighted by Crippen LogP contribution is -2.26. The Labute approximate surface area is 301 Å². The number of rotatable bonds is 16. The van der Waals surface area contributed by atoms with E-state index in [0.29, 0.717) is 18.0 Å². The van der Waals surface area contributed by atoms with Crippen LogP contribution in [0.4, 0.5) is 16.3 Å². The molecule has 3 heterocycles. The van der Waals surface area contributed by atoms with Gasteiger partial charge in [0, 0.05) is 42.8 Å². The number of anilines is 2. The number of benzene rings is 2. The van der Waals surface area contributed by atoms with Crippen molar-refractivity contribution < 1.29 is 37.0 Å². The van der Waals surface area contributed by atoms with E-state index in [2.05, 4.69) is 30.3 Å².